The first-order chi connectivity index (χ1) is 16.5. The molecule has 0 unspecified atom stereocenters. The van der Waals surface area contributed by atoms with Crippen LogP contribution in [0.2, 0.25) is 0 Å². The number of carboxylic acid groups (broad SMARTS) is 1. The molecular formula is C26H26FN3O4. The lowest BCUT2D eigenvalue weighted by Gasteiger charge is -2.35. The van der Waals surface area contributed by atoms with Crippen LogP contribution in [-0.4, -0.2) is 46.2 Å². The fourth-order valence-corrected chi connectivity index (χ4v) is 5.69. The first-order valence-corrected chi connectivity index (χ1v) is 11.7. The summed E-state index contributed by atoms with van der Waals surface area (Å²) in [5.41, 5.74) is 5.17. The Hall–Kier alpha value is -3.39. The normalized spacial score (nSPS) is 21.1. The molecule has 6 rings (SSSR count). The topological polar surface area (TPSA) is 89.4 Å². The lowest BCUT2D eigenvalue weighted by molar-refractivity contribution is -0.145. The third-order valence-corrected chi connectivity index (χ3v) is 7.50. The molecule has 8 heteroatoms. The van der Waals surface area contributed by atoms with Crippen molar-refractivity contribution >= 4 is 27.8 Å². The molecular weight excluding hydrogens is 437 g/mol. The Kier molecular flexibility index (Phi) is 5.06. The van der Waals surface area contributed by atoms with Gasteiger partial charge in [-0.1, -0.05) is 0 Å². The lowest BCUT2D eigenvalue weighted by Crippen LogP contribution is -2.30. The first kappa shape index (κ1) is 21.2. The predicted molar refractivity (Wildman–Crippen MR) is 125 cm³/mol. The highest BCUT2D eigenvalue weighted by molar-refractivity contribution is 5.99. The summed E-state index contributed by atoms with van der Waals surface area (Å²) in [5.74, 6) is -0.841. The van der Waals surface area contributed by atoms with Gasteiger partial charge in [-0.2, -0.15) is 5.10 Å². The Labute approximate surface area is 195 Å². The van der Waals surface area contributed by atoms with Crippen molar-refractivity contribution in [1.82, 2.24) is 14.8 Å². The lowest BCUT2D eigenvalue weighted by atomic mass is 9.69. The Balaban J connectivity index is 1.64. The third kappa shape index (κ3) is 3.27. The summed E-state index contributed by atoms with van der Waals surface area (Å²) in [7, 11) is 1.47. The van der Waals surface area contributed by atoms with Crippen LogP contribution in [0.4, 0.5) is 4.39 Å². The molecule has 0 bridgehead atoms. The average Bonchev–Trinajstić information content (AvgIpc) is 3.39. The minimum absolute atomic E-state index is 0.158. The van der Waals surface area contributed by atoms with Crippen molar-refractivity contribution < 1.29 is 23.8 Å². The van der Waals surface area contributed by atoms with Gasteiger partial charge in [0.2, 0.25) is 0 Å². The molecule has 4 aromatic rings. The number of carbonyl (C=O) groups is 1. The number of nitrogens with one attached hydrogen (secondary N) is 1. The van der Waals surface area contributed by atoms with E-state index in [0.29, 0.717) is 26.1 Å². The smallest absolute Gasteiger partial charge is 0.306 e. The van der Waals surface area contributed by atoms with Crippen LogP contribution in [0.5, 0.6) is 5.75 Å². The van der Waals surface area contributed by atoms with Gasteiger partial charge < -0.3 is 19.1 Å². The van der Waals surface area contributed by atoms with Gasteiger partial charge in [0, 0.05) is 47.4 Å². The number of hydrogen-bond acceptors (Lipinski definition) is 4. The Morgan fingerprint density at radius 1 is 1.21 bits per heavy atom. The molecule has 0 amide bonds. The quantitative estimate of drug-likeness (QED) is 0.429. The summed E-state index contributed by atoms with van der Waals surface area (Å²) in [4.78, 5) is 11.6. The number of ether oxygens (including phenoxy) is 2. The number of carboxylic acids is 1. The molecule has 7 nitrogen and oxygen atoms in total. The van der Waals surface area contributed by atoms with Gasteiger partial charge in [0.25, 0.3) is 0 Å². The van der Waals surface area contributed by atoms with Crippen LogP contribution in [0.25, 0.3) is 27.5 Å². The van der Waals surface area contributed by atoms with E-state index < -0.39 is 11.8 Å². The molecule has 2 fully saturated rings. The van der Waals surface area contributed by atoms with Crippen LogP contribution in [-0.2, 0) is 9.53 Å². The van der Waals surface area contributed by atoms with Crippen molar-refractivity contribution in [3.8, 4) is 11.4 Å². The van der Waals surface area contributed by atoms with Crippen LogP contribution >= 0.6 is 0 Å². The molecule has 2 aromatic heterocycles. The molecule has 2 aliphatic rings. The van der Waals surface area contributed by atoms with E-state index in [9.17, 15) is 14.3 Å². The van der Waals surface area contributed by atoms with Gasteiger partial charge in [-0.15, -0.1) is 0 Å². The van der Waals surface area contributed by atoms with Crippen molar-refractivity contribution in [3.05, 3.63) is 53.6 Å². The maximum atomic E-state index is 14.3. The largest absolute Gasteiger partial charge is 0.494 e. The maximum absolute atomic E-state index is 14.3. The summed E-state index contributed by atoms with van der Waals surface area (Å²) in [5, 5.41) is 18.9. The monoisotopic (exact) mass is 463 g/mol. The van der Waals surface area contributed by atoms with Crippen molar-refractivity contribution in [3.63, 3.8) is 0 Å². The van der Waals surface area contributed by atoms with Crippen molar-refractivity contribution in [2.75, 3.05) is 20.3 Å². The first-order valence-electron chi connectivity index (χ1n) is 11.7. The second-order valence-corrected chi connectivity index (χ2v) is 9.37. The van der Waals surface area contributed by atoms with Crippen LogP contribution in [0.15, 0.2) is 36.5 Å². The van der Waals surface area contributed by atoms with Gasteiger partial charge in [0.05, 0.1) is 30.3 Å². The SMILES string of the molecule is COc1cc(-n2c(C3CCOCC3)c([C@H]3C[C@H](C(=O)O)C3)c3cc4[nH]ncc4cc32)ccc1F. The zero-order valence-corrected chi connectivity index (χ0v) is 18.9. The molecule has 34 heavy (non-hydrogen) atoms. The summed E-state index contributed by atoms with van der Waals surface area (Å²) >= 11 is 0. The molecule has 2 N–H and O–H groups in total. The van der Waals surface area contributed by atoms with Crippen molar-refractivity contribution in [2.45, 2.75) is 37.5 Å². The highest BCUT2D eigenvalue weighted by Gasteiger charge is 2.40. The average molecular weight is 464 g/mol. The molecule has 1 saturated heterocycles. The van der Waals surface area contributed by atoms with Crippen LogP contribution < -0.4 is 4.74 Å². The number of aromatic nitrogens is 3. The van der Waals surface area contributed by atoms with Crippen LogP contribution in [0.1, 0.15) is 48.8 Å². The molecule has 0 radical (unpaired) electrons. The molecule has 1 aliphatic carbocycles. The van der Waals surface area contributed by atoms with Gasteiger partial charge in [0.1, 0.15) is 0 Å². The predicted octanol–water partition coefficient (Wildman–Crippen LogP) is 5.13. The van der Waals surface area contributed by atoms with E-state index in [1.165, 1.54) is 24.4 Å². The number of halogens is 1. The van der Waals surface area contributed by atoms with Gasteiger partial charge in [-0.3, -0.25) is 9.89 Å². The molecule has 0 spiro atoms. The van der Waals surface area contributed by atoms with Gasteiger partial charge in [0.15, 0.2) is 11.6 Å². The highest BCUT2D eigenvalue weighted by atomic mass is 19.1. The zero-order valence-electron chi connectivity index (χ0n) is 18.9. The number of H-pyrrole nitrogens is 1. The third-order valence-electron chi connectivity index (χ3n) is 7.50. The van der Waals surface area contributed by atoms with E-state index in [-0.39, 0.29) is 23.5 Å². The van der Waals surface area contributed by atoms with Crippen molar-refractivity contribution in [1.29, 1.82) is 0 Å². The minimum atomic E-state index is -0.730. The maximum Gasteiger partial charge on any atom is 0.306 e. The standard InChI is InChI=1S/C26H26FN3O4/c1-33-23-11-18(2-3-20(23)27)30-22-10-17-13-28-29-21(17)12-19(22)24(15-8-16(9-15)26(31)32)25(30)14-4-6-34-7-5-14/h2-3,10-16H,4-9H2,1H3,(H,28,29)(H,31,32)/t15-,16-. The fourth-order valence-electron chi connectivity index (χ4n) is 5.69. The van der Waals surface area contributed by atoms with E-state index in [1.807, 2.05) is 0 Å². The summed E-state index contributed by atoms with van der Waals surface area (Å²) in [6, 6.07) is 9.20. The van der Waals surface area contributed by atoms with E-state index >= 15 is 0 Å². The highest BCUT2D eigenvalue weighted by Crippen LogP contribution is 2.50. The van der Waals surface area contributed by atoms with Gasteiger partial charge in [-0.05, 0) is 61.4 Å². The number of fused-ring (bicyclic) bond motifs is 2. The number of aliphatic carboxylic acids is 1. The Bertz CT molecular complexity index is 1400. The van der Waals surface area contributed by atoms with E-state index in [0.717, 1.165) is 40.3 Å². The Morgan fingerprint density at radius 3 is 2.74 bits per heavy atom. The number of hydrogen-bond donors (Lipinski definition) is 2. The number of methoxy groups -OCH3 is 1. The van der Waals surface area contributed by atoms with Gasteiger partial charge in [-0.25, -0.2) is 4.39 Å². The van der Waals surface area contributed by atoms with E-state index in [2.05, 4.69) is 26.9 Å². The number of rotatable bonds is 5. The zero-order chi connectivity index (χ0) is 23.4. The number of benzene rings is 2. The number of nitrogens with zero attached hydrogens (tertiary/aromatic N) is 2. The van der Waals surface area contributed by atoms with Crippen LogP contribution in [0.3, 0.4) is 0 Å². The molecule has 0 atom stereocenters. The molecule has 3 heterocycles. The Morgan fingerprint density at radius 2 is 2.00 bits per heavy atom. The molecule has 1 aliphatic heterocycles. The summed E-state index contributed by atoms with van der Waals surface area (Å²) in [6.07, 6.45) is 4.82. The molecule has 1 saturated carbocycles. The second-order valence-electron chi connectivity index (χ2n) is 9.37. The molecule has 176 valence electrons. The minimum Gasteiger partial charge on any atom is -0.494 e. The van der Waals surface area contributed by atoms with Crippen LogP contribution in [0, 0.1) is 11.7 Å². The van der Waals surface area contributed by atoms with E-state index in [1.54, 1.807) is 18.3 Å². The molecule has 2 aromatic carbocycles. The second kappa shape index (κ2) is 8.13. The summed E-state index contributed by atoms with van der Waals surface area (Å²) in [6.45, 7) is 1.37. The van der Waals surface area contributed by atoms with E-state index in [4.69, 9.17) is 9.47 Å². The summed E-state index contributed by atoms with van der Waals surface area (Å²) < 4.78 is 27.5. The van der Waals surface area contributed by atoms with Crippen molar-refractivity contribution in [2.24, 2.45) is 5.92 Å². The fraction of sp³-hybridized carbons (Fsp3) is 0.385. The van der Waals surface area contributed by atoms with Gasteiger partial charge >= 0.3 is 5.97 Å². The number of aromatic amines is 1.